The summed E-state index contributed by atoms with van der Waals surface area (Å²) in [4.78, 5) is 12.2. The highest BCUT2D eigenvalue weighted by Crippen LogP contribution is 2.31. The van der Waals surface area contributed by atoms with Crippen LogP contribution in [0.25, 0.3) is 10.2 Å². The van der Waals surface area contributed by atoms with Crippen LogP contribution in [0.1, 0.15) is 23.6 Å². The molecule has 0 radical (unpaired) electrons. The van der Waals surface area contributed by atoms with Gasteiger partial charge in [0.1, 0.15) is 10.6 Å². The van der Waals surface area contributed by atoms with E-state index in [1.165, 1.54) is 9.75 Å². The minimum absolute atomic E-state index is 0.0469. The Balaban J connectivity index is 1.88. The lowest BCUT2D eigenvalue weighted by Crippen LogP contribution is -2.27. The van der Waals surface area contributed by atoms with Crippen LogP contribution < -0.4 is 11.1 Å². The molecule has 0 spiro atoms. The molecular weight excluding hydrogens is 300 g/mol. The van der Waals surface area contributed by atoms with E-state index in [2.05, 4.69) is 59.6 Å². The molecule has 0 aromatic carbocycles. The minimum Gasteiger partial charge on any atom is -0.368 e. The molecular formula is C15H18N4S2. The number of fused-ring (bicyclic) bond motifs is 1. The minimum atomic E-state index is 0.0469. The van der Waals surface area contributed by atoms with Crippen molar-refractivity contribution in [3.8, 4) is 0 Å². The van der Waals surface area contributed by atoms with Gasteiger partial charge >= 0.3 is 0 Å². The summed E-state index contributed by atoms with van der Waals surface area (Å²) in [6.07, 6.45) is 0. The molecule has 0 saturated heterocycles. The fraction of sp³-hybridized carbons (Fsp3) is 0.333. The van der Waals surface area contributed by atoms with Crippen LogP contribution in [0.2, 0.25) is 0 Å². The Hall–Kier alpha value is -1.66. The average molecular weight is 318 g/mol. The van der Waals surface area contributed by atoms with Crippen LogP contribution in [0.3, 0.4) is 0 Å². The summed E-state index contributed by atoms with van der Waals surface area (Å²) in [7, 11) is 0. The number of aryl methyl sites for hydroxylation is 1. The van der Waals surface area contributed by atoms with Crippen LogP contribution >= 0.6 is 22.7 Å². The van der Waals surface area contributed by atoms with Gasteiger partial charge in [-0.25, -0.2) is 4.98 Å². The summed E-state index contributed by atoms with van der Waals surface area (Å²) in [5.41, 5.74) is 5.86. The molecule has 0 fully saturated rings. The molecule has 0 aliphatic rings. The Morgan fingerprint density at radius 2 is 2.14 bits per heavy atom. The van der Waals surface area contributed by atoms with Crippen molar-refractivity contribution in [1.29, 1.82) is 0 Å². The van der Waals surface area contributed by atoms with Crippen molar-refractivity contribution >= 4 is 44.7 Å². The zero-order valence-corrected chi connectivity index (χ0v) is 13.9. The van der Waals surface area contributed by atoms with E-state index >= 15 is 0 Å². The number of hydrogen-bond acceptors (Lipinski definition) is 6. The number of nitrogen functional groups attached to an aromatic ring is 1. The van der Waals surface area contributed by atoms with Crippen molar-refractivity contribution in [2.24, 2.45) is 0 Å². The first-order valence-electron chi connectivity index (χ1n) is 6.77. The quantitative estimate of drug-likeness (QED) is 0.762. The zero-order valence-electron chi connectivity index (χ0n) is 12.3. The molecule has 3 aromatic rings. The van der Waals surface area contributed by atoms with E-state index in [9.17, 15) is 0 Å². The molecule has 110 valence electrons. The fourth-order valence-electron chi connectivity index (χ4n) is 2.25. The van der Waals surface area contributed by atoms with E-state index in [1.807, 2.05) is 0 Å². The van der Waals surface area contributed by atoms with Crippen molar-refractivity contribution in [2.45, 2.75) is 26.2 Å². The number of hydrogen-bond donors (Lipinski definition) is 2. The number of nitrogens with one attached hydrogen (secondary N) is 1. The van der Waals surface area contributed by atoms with Gasteiger partial charge in [-0.1, -0.05) is 19.9 Å². The van der Waals surface area contributed by atoms with Crippen molar-refractivity contribution < 1.29 is 0 Å². The molecule has 0 saturated carbocycles. The third-order valence-corrected chi connectivity index (χ3v) is 5.60. The highest BCUT2D eigenvalue weighted by molar-refractivity contribution is 7.18. The van der Waals surface area contributed by atoms with Gasteiger partial charge in [0.25, 0.3) is 0 Å². The summed E-state index contributed by atoms with van der Waals surface area (Å²) >= 11 is 3.42. The van der Waals surface area contributed by atoms with Crippen molar-refractivity contribution in [3.05, 3.63) is 33.3 Å². The fourth-order valence-corrected chi connectivity index (χ4v) is 3.99. The molecule has 4 nitrogen and oxygen atoms in total. The topological polar surface area (TPSA) is 63.8 Å². The third-order valence-electron chi connectivity index (χ3n) is 3.42. The Bertz CT molecular complexity index is 759. The number of anilines is 2. The van der Waals surface area contributed by atoms with Gasteiger partial charge in [0, 0.05) is 21.7 Å². The number of thiophene rings is 2. The predicted molar refractivity (Wildman–Crippen MR) is 92.4 cm³/mol. The lowest BCUT2D eigenvalue weighted by molar-refractivity contribution is 0.568. The van der Waals surface area contributed by atoms with Gasteiger partial charge in [0.2, 0.25) is 5.95 Å². The van der Waals surface area contributed by atoms with Gasteiger partial charge in [0.05, 0.1) is 5.39 Å². The first kappa shape index (κ1) is 14.3. The molecule has 0 bridgehead atoms. The first-order chi connectivity index (χ1) is 9.95. The number of rotatable bonds is 4. The molecule has 3 heterocycles. The van der Waals surface area contributed by atoms with Gasteiger partial charge in [-0.3, -0.25) is 0 Å². The second-order valence-electron chi connectivity index (χ2n) is 5.72. The van der Waals surface area contributed by atoms with Gasteiger partial charge in [-0.05, 0) is 24.4 Å². The van der Waals surface area contributed by atoms with Crippen LogP contribution in [0, 0.1) is 6.92 Å². The Morgan fingerprint density at radius 3 is 2.86 bits per heavy atom. The zero-order chi connectivity index (χ0) is 15.0. The molecule has 0 atom stereocenters. The van der Waals surface area contributed by atoms with E-state index in [1.54, 1.807) is 22.7 Å². The lowest BCUT2D eigenvalue weighted by atomic mass is 9.91. The molecule has 0 amide bonds. The molecule has 0 aliphatic heterocycles. The maximum absolute atomic E-state index is 5.81. The van der Waals surface area contributed by atoms with Gasteiger partial charge in [-0.15, -0.1) is 22.7 Å². The highest BCUT2D eigenvalue weighted by atomic mass is 32.1. The number of nitrogens with zero attached hydrogens (tertiary/aromatic N) is 2. The Morgan fingerprint density at radius 1 is 1.33 bits per heavy atom. The van der Waals surface area contributed by atoms with Crippen LogP contribution in [-0.4, -0.2) is 16.5 Å². The van der Waals surface area contributed by atoms with Crippen LogP contribution in [0.5, 0.6) is 0 Å². The van der Waals surface area contributed by atoms with Crippen molar-refractivity contribution in [3.63, 3.8) is 0 Å². The Labute approximate surface area is 132 Å². The smallest absolute Gasteiger partial charge is 0.223 e. The lowest BCUT2D eigenvalue weighted by Gasteiger charge is -2.24. The van der Waals surface area contributed by atoms with Crippen LogP contribution in [-0.2, 0) is 5.41 Å². The van der Waals surface area contributed by atoms with Gasteiger partial charge < -0.3 is 11.1 Å². The first-order valence-corrected chi connectivity index (χ1v) is 8.47. The monoisotopic (exact) mass is 318 g/mol. The van der Waals surface area contributed by atoms with Crippen LogP contribution in [0.4, 0.5) is 11.8 Å². The standard InChI is InChI=1S/C15H18N4S2/c1-9-7-10-12(18-14(16)19-13(10)21-9)17-8-15(2,3)11-5-4-6-20-11/h4-7H,8H2,1-3H3,(H3,16,17,18,19). The maximum Gasteiger partial charge on any atom is 0.223 e. The molecule has 21 heavy (non-hydrogen) atoms. The summed E-state index contributed by atoms with van der Waals surface area (Å²) in [6.45, 7) is 7.33. The van der Waals surface area contributed by atoms with E-state index in [0.29, 0.717) is 5.95 Å². The van der Waals surface area contributed by atoms with Crippen molar-refractivity contribution in [1.82, 2.24) is 9.97 Å². The molecule has 3 aromatic heterocycles. The van der Waals surface area contributed by atoms with E-state index in [4.69, 9.17) is 5.73 Å². The molecule has 0 unspecified atom stereocenters. The normalized spacial score (nSPS) is 12.0. The predicted octanol–water partition coefficient (Wildman–Crippen LogP) is 4.03. The molecule has 6 heteroatoms. The van der Waals surface area contributed by atoms with E-state index in [-0.39, 0.29) is 5.41 Å². The summed E-state index contributed by atoms with van der Waals surface area (Å²) in [5, 5.41) is 6.61. The highest BCUT2D eigenvalue weighted by Gasteiger charge is 2.22. The average Bonchev–Trinajstić information content (AvgIpc) is 3.04. The van der Waals surface area contributed by atoms with Gasteiger partial charge in [0.15, 0.2) is 0 Å². The maximum atomic E-state index is 5.81. The third kappa shape index (κ3) is 2.87. The summed E-state index contributed by atoms with van der Waals surface area (Å²) < 4.78 is 0. The summed E-state index contributed by atoms with van der Waals surface area (Å²) in [5.74, 6) is 1.15. The summed E-state index contributed by atoms with van der Waals surface area (Å²) in [6, 6.07) is 6.37. The number of nitrogens with two attached hydrogens (primary N) is 1. The SMILES string of the molecule is Cc1cc2c(NCC(C)(C)c3cccs3)nc(N)nc2s1. The van der Waals surface area contributed by atoms with Gasteiger partial charge in [-0.2, -0.15) is 4.98 Å². The van der Waals surface area contributed by atoms with E-state index in [0.717, 1.165) is 22.6 Å². The molecule has 3 N–H and O–H groups in total. The second-order valence-corrected chi connectivity index (χ2v) is 7.90. The number of aromatic nitrogens is 2. The second kappa shape index (κ2) is 5.27. The van der Waals surface area contributed by atoms with Crippen molar-refractivity contribution in [2.75, 3.05) is 17.6 Å². The molecule has 0 aliphatic carbocycles. The Kier molecular flexibility index (Phi) is 3.59. The largest absolute Gasteiger partial charge is 0.368 e. The van der Waals surface area contributed by atoms with Crippen LogP contribution in [0.15, 0.2) is 23.6 Å². The van der Waals surface area contributed by atoms with E-state index < -0.39 is 0 Å². The molecule has 3 rings (SSSR count).